The number of imidazole rings is 1. The Morgan fingerprint density at radius 3 is 2.58 bits per heavy atom. The van der Waals surface area contributed by atoms with Gasteiger partial charge in [0.1, 0.15) is 0 Å². The molecule has 0 aliphatic heterocycles. The van der Waals surface area contributed by atoms with Crippen LogP contribution in [0.2, 0.25) is 0 Å². The van der Waals surface area contributed by atoms with Crippen molar-refractivity contribution in [2.24, 2.45) is 0 Å². The Morgan fingerprint density at radius 2 is 1.88 bits per heavy atom. The third kappa shape index (κ3) is 5.41. The molecule has 5 aromatic rings. The van der Waals surface area contributed by atoms with Gasteiger partial charge < -0.3 is 18.8 Å². The van der Waals surface area contributed by atoms with Gasteiger partial charge >= 0.3 is 11.9 Å². The monoisotopic (exact) mass is 543 g/mol. The van der Waals surface area contributed by atoms with E-state index in [1.807, 2.05) is 65.6 Å². The first-order chi connectivity index (χ1) is 19.4. The second-order valence-corrected chi connectivity index (χ2v) is 9.08. The number of carbonyl (C=O) groups is 2. The number of benzene rings is 2. The van der Waals surface area contributed by atoms with Gasteiger partial charge in [-0.15, -0.1) is 10.2 Å². The molecule has 0 radical (unpaired) electrons. The van der Waals surface area contributed by atoms with E-state index in [4.69, 9.17) is 14.2 Å². The predicted molar refractivity (Wildman–Crippen MR) is 145 cm³/mol. The average molecular weight is 544 g/mol. The zero-order chi connectivity index (χ0) is 28.2. The van der Waals surface area contributed by atoms with Crippen LogP contribution in [0.5, 0.6) is 6.01 Å². The summed E-state index contributed by atoms with van der Waals surface area (Å²) in [6.45, 7) is 7.84. The lowest BCUT2D eigenvalue weighted by atomic mass is 10.1. The van der Waals surface area contributed by atoms with E-state index < -0.39 is 18.2 Å². The standard InChI is InChI=1S/C28H29N7O5/c1-5-24(36)39-18(4)40-27(37)21-8-7-9-22-25(21)35(28(29-22)38-6-2)16-19-10-12-20(13-11-19)34-15-17(3)14-23(34)26-30-32-33-31-26/h7-15,18H,5-6,16H2,1-4H3,(H,30,31,32,33). The van der Waals surface area contributed by atoms with E-state index in [0.717, 1.165) is 22.5 Å². The Bertz CT molecular complexity index is 1640. The molecule has 0 fully saturated rings. The van der Waals surface area contributed by atoms with Crippen molar-refractivity contribution in [3.63, 3.8) is 0 Å². The van der Waals surface area contributed by atoms with E-state index >= 15 is 0 Å². The Balaban J connectivity index is 1.46. The predicted octanol–water partition coefficient (Wildman–Crippen LogP) is 4.22. The van der Waals surface area contributed by atoms with Crippen LogP contribution < -0.4 is 4.74 Å². The van der Waals surface area contributed by atoms with E-state index in [0.29, 0.717) is 41.6 Å². The van der Waals surface area contributed by atoms with Crippen LogP contribution in [0.1, 0.15) is 48.7 Å². The first-order valence-corrected chi connectivity index (χ1v) is 12.9. The second kappa shape index (κ2) is 11.4. The number of tetrazole rings is 1. The number of aryl methyl sites for hydroxylation is 1. The molecule has 0 amide bonds. The molecule has 0 spiro atoms. The van der Waals surface area contributed by atoms with Gasteiger partial charge in [0, 0.05) is 25.2 Å². The van der Waals surface area contributed by atoms with E-state index in [-0.39, 0.29) is 6.42 Å². The molecule has 1 atom stereocenters. The van der Waals surface area contributed by atoms with Gasteiger partial charge in [0.2, 0.25) is 12.1 Å². The summed E-state index contributed by atoms with van der Waals surface area (Å²) in [7, 11) is 0. The number of hydrogen-bond acceptors (Lipinski definition) is 9. The first-order valence-electron chi connectivity index (χ1n) is 12.9. The number of para-hydroxylation sites is 1. The fraction of sp³-hybridized carbons (Fsp3) is 0.286. The second-order valence-electron chi connectivity index (χ2n) is 9.08. The van der Waals surface area contributed by atoms with Crippen molar-refractivity contribution in [2.75, 3.05) is 6.61 Å². The minimum Gasteiger partial charge on any atom is -0.465 e. The maximum atomic E-state index is 13.1. The molecule has 2 aromatic carbocycles. The van der Waals surface area contributed by atoms with E-state index in [2.05, 4.69) is 25.6 Å². The van der Waals surface area contributed by atoms with Crippen LogP contribution >= 0.6 is 0 Å². The molecule has 0 saturated heterocycles. The minimum atomic E-state index is -1.03. The Hall–Kier alpha value is -5.00. The number of fused-ring (bicyclic) bond motifs is 1. The average Bonchev–Trinajstić information content (AvgIpc) is 3.68. The number of aromatic nitrogens is 7. The van der Waals surface area contributed by atoms with E-state index in [1.165, 1.54) is 6.92 Å². The van der Waals surface area contributed by atoms with Crippen molar-refractivity contribution in [3.05, 3.63) is 71.4 Å². The fourth-order valence-electron chi connectivity index (χ4n) is 4.42. The van der Waals surface area contributed by atoms with Crippen molar-refractivity contribution in [2.45, 2.75) is 47.0 Å². The molecule has 1 unspecified atom stereocenters. The summed E-state index contributed by atoms with van der Waals surface area (Å²) in [6.07, 6.45) is 1.16. The van der Waals surface area contributed by atoms with Crippen LogP contribution in [0, 0.1) is 6.92 Å². The number of nitrogens with zero attached hydrogens (tertiary/aromatic N) is 6. The Morgan fingerprint density at radius 1 is 1.07 bits per heavy atom. The summed E-state index contributed by atoms with van der Waals surface area (Å²) in [5, 5.41) is 14.4. The summed E-state index contributed by atoms with van der Waals surface area (Å²) in [4.78, 5) is 29.4. The molecule has 0 saturated carbocycles. The highest BCUT2D eigenvalue weighted by Gasteiger charge is 2.23. The van der Waals surface area contributed by atoms with Gasteiger partial charge in [0.05, 0.1) is 35.4 Å². The summed E-state index contributed by atoms with van der Waals surface area (Å²) in [6, 6.07) is 15.6. The van der Waals surface area contributed by atoms with Gasteiger partial charge in [-0.25, -0.2) is 4.79 Å². The maximum absolute atomic E-state index is 13.1. The van der Waals surface area contributed by atoms with Gasteiger partial charge in [0.15, 0.2) is 0 Å². The molecule has 12 heteroatoms. The number of H-pyrrole nitrogens is 1. The molecular formula is C28H29N7O5. The van der Waals surface area contributed by atoms with Crippen LogP contribution in [0.15, 0.2) is 54.7 Å². The first kappa shape index (κ1) is 26.6. The van der Waals surface area contributed by atoms with Crippen LogP contribution in [-0.4, -0.2) is 59.6 Å². The van der Waals surface area contributed by atoms with Crippen molar-refractivity contribution < 1.29 is 23.8 Å². The molecule has 3 aromatic heterocycles. The summed E-state index contributed by atoms with van der Waals surface area (Å²) >= 11 is 0. The Kier molecular flexibility index (Phi) is 7.58. The smallest absolute Gasteiger partial charge is 0.343 e. The molecule has 0 aliphatic rings. The molecule has 12 nitrogen and oxygen atoms in total. The van der Waals surface area contributed by atoms with E-state index in [9.17, 15) is 9.59 Å². The third-order valence-corrected chi connectivity index (χ3v) is 6.17. The molecule has 3 heterocycles. The van der Waals surface area contributed by atoms with Crippen LogP contribution in [0.3, 0.4) is 0 Å². The topological polar surface area (TPSA) is 139 Å². The molecule has 206 valence electrons. The quantitative estimate of drug-likeness (QED) is 0.203. The SMILES string of the molecule is CCOc1nc2cccc(C(=O)OC(C)OC(=O)CC)c2n1Cc1ccc(-n2cc(C)cc2-c2nn[nH]n2)cc1. The molecule has 0 bridgehead atoms. The number of nitrogens with one attached hydrogen (secondary N) is 1. The van der Waals surface area contributed by atoms with Crippen molar-refractivity contribution in [1.82, 2.24) is 34.7 Å². The zero-order valence-corrected chi connectivity index (χ0v) is 22.6. The third-order valence-electron chi connectivity index (χ3n) is 6.17. The van der Waals surface area contributed by atoms with Gasteiger partial charge in [-0.3, -0.25) is 9.36 Å². The number of esters is 2. The minimum absolute atomic E-state index is 0.184. The molecule has 5 rings (SSSR count). The normalized spacial score (nSPS) is 11.9. The van der Waals surface area contributed by atoms with Gasteiger partial charge in [0.25, 0.3) is 6.01 Å². The lowest BCUT2D eigenvalue weighted by molar-refractivity contribution is -0.165. The van der Waals surface area contributed by atoms with Gasteiger partial charge in [-0.2, -0.15) is 10.2 Å². The lowest BCUT2D eigenvalue weighted by Gasteiger charge is -2.15. The highest BCUT2D eigenvalue weighted by Crippen LogP contribution is 2.28. The number of aromatic amines is 1. The van der Waals surface area contributed by atoms with Crippen LogP contribution in [-0.2, 0) is 20.8 Å². The zero-order valence-electron chi connectivity index (χ0n) is 22.6. The molecule has 1 N–H and O–H groups in total. The highest BCUT2D eigenvalue weighted by molar-refractivity contribution is 6.02. The summed E-state index contributed by atoms with van der Waals surface area (Å²) in [5.74, 6) is -0.578. The number of hydrogen-bond donors (Lipinski definition) is 1. The largest absolute Gasteiger partial charge is 0.465 e. The fourth-order valence-corrected chi connectivity index (χ4v) is 4.42. The highest BCUT2D eigenvalue weighted by atomic mass is 16.7. The van der Waals surface area contributed by atoms with Gasteiger partial charge in [-0.1, -0.05) is 25.1 Å². The molecule has 40 heavy (non-hydrogen) atoms. The van der Waals surface area contributed by atoms with Crippen molar-refractivity contribution in [3.8, 4) is 23.2 Å². The molecule has 0 aliphatic carbocycles. The van der Waals surface area contributed by atoms with Crippen LogP contribution in [0.4, 0.5) is 0 Å². The van der Waals surface area contributed by atoms with Crippen molar-refractivity contribution in [1.29, 1.82) is 0 Å². The van der Waals surface area contributed by atoms with Gasteiger partial charge in [-0.05, 0) is 60.5 Å². The summed E-state index contributed by atoms with van der Waals surface area (Å²) < 4.78 is 20.2. The number of carbonyl (C=O) groups excluding carboxylic acids is 2. The van der Waals surface area contributed by atoms with Crippen molar-refractivity contribution >= 4 is 23.0 Å². The Labute approximate surface area is 229 Å². The van der Waals surface area contributed by atoms with E-state index in [1.54, 1.807) is 19.1 Å². The number of rotatable bonds is 10. The lowest BCUT2D eigenvalue weighted by Crippen LogP contribution is -2.22. The summed E-state index contributed by atoms with van der Waals surface area (Å²) in [5.41, 5.74) is 5.21. The van der Waals surface area contributed by atoms with Crippen LogP contribution in [0.25, 0.3) is 28.2 Å². The number of ether oxygens (including phenoxy) is 3. The molecular weight excluding hydrogens is 514 g/mol. The maximum Gasteiger partial charge on any atom is 0.343 e.